The molecule has 0 aliphatic carbocycles. The minimum absolute atomic E-state index is 1.35. The summed E-state index contributed by atoms with van der Waals surface area (Å²) in [5.74, 6) is 5.55. The molecule has 26 heavy (non-hydrogen) atoms. The summed E-state index contributed by atoms with van der Waals surface area (Å²) in [6, 6.07) is 0. The molecule has 0 N–H and O–H groups in total. The Morgan fingerprint density at radius 1 is 0.308 bits per heavy atom. The Kier molecular flexibility index (Phi) is 33.8. The lowest BCUT2D eigenvalue weighted by Crippen LogP contribution is -1.86. The van der Waals surface area contributed by atoms with Crippen LogP contribution in [-0.2, 0) is 0 Å². The Labute approximate surface area is 176 Å². The van der Waals surface area contributed by atoms with E-state index in [0.29, 0.717) is 0 Å². The molecular weight excluding hydrogens is 352 g/mol. The molecule has 160 valence electrons. The van der Waals surface area contributed by atoms with Gasteiger partial charge < -0.3 is 0 Å². The summed E-state index contributed by atoms with van der Waals surface area (Å²) in [6.45, 7) is 9.08. The molecule has 0 aromatic heterocycles. The number of hydrogen-bond acceptors (Lipinski definition) is 2. The molecule has 0 saturated carbocycles. The maximum absolute atomic E-state index is 2.29. The van der Waals surface area contributed by atoms with E-state index in [-0.39, 0.29) is 0 Å². The Morgan fingerprint density at radius 3 is 0.923 bits per heavy atom. The third-order valence-corrected chi connectivity index (χ3v) is 6.88. The van der Waals surface area contributed by atoms with Crippen LogP contribution >= 0.6 is 23.5 Å². The molecule has 0 radical (unpaired) electrons. The predicted octanol–water partition coefficient (Wildman–Crippen LogP) is 9.76. The van der Waals surface area contributed by atoms with Gasteiger partial charge in [-0.2, -0.15) is 23.5 Å². The molecule has 0 unspecified atom stereocenters. The van der Waals surface area contributed by atoms with Crippen molar-refractivity contribution in [2.45, 2.75) is 130 Å². The minimum atomic E-state index is 1.35. The van der Waals surface area contributed by atoms with Crippen LogP contribution in [0.2, 0.25) is 0 Å². The van der Waals surface area contributed by atoms with E-state index in [0.717, 1.165) is 0 Å². The summed E-state index contributed by atoms with van der Waals surface area (Å²) in [7, 11) is 0. The van der Waals surface area contributed by atoms with Gasteiger partial charge in [0.25, 0.3) is 0 Å². The van der Waals surface area contributed by atoms with Crippen LogP contribution in [0.15, 0.2) is 0 Å². The number of unbranched alkanes of at least 4 members (excludes halogenated alkanes) is 12. The summed E-state index contributed by atoms with van der Waals surface area (Å²) in [5.41, 5.74) is 0. The first-order valence-electron chi connectivity index (χ1n) is 12.0. The molecule has 0 aromatic carbocycles. The highest BCUT2D eigenvalue weighted by molar-refractivity contribution is 7.99. The quantitative estimate of drug-likeness (QED) is 0.185. The standard InChI is InChI=1S/C16H34S.C8H18S/c1-3-5-7-9-11-13-15-17-16-14-12-10-8-6-4-2;1-3-5-7-9-8-6-4-2/h3-16H2,1-2H3;3-8H2,1-2H3. The molecule has 0 atom stereocenters. The number of thioether (sulfide) groups is 2. The van der Waals surface area contributed by atoms with Crippen LogP contribution in [-0.4, -0.2) is 23.0 Å². The highest BCUT2D eigenvalue weighted by Crippen LogP contribution is 2.13. The maximum Gasteiger partial charge on any atom is -0.00675 e. The van der Waals surface area contributed by atoms with E-state index in [9.17, 15) is 0 Å². The van der Waals surface area contributed by atoms with Crippen molar-refractivity contribution in [3.63, 3.8) is 0 Å². The summed E-state index contributed by atoms with van der Waals surface area (Å²) < 4.78 is 0. The van der Waals surface area contributed by atoms with Gasteiger partial charge in [-0.3, -0.25) is 0 Å². The van der Waals surface area contributed by atoms with Crippen LogP contribution in [0.4, 0.5) is 0 Å². The SMILES string of the molecule is CCCCCCCCSCCCCCCCC.CCCCSCCCC. The highest BCUT2D eigenvalue weighted by Gasteiger charge is 1.93. The van der Waals surface area contributed by atoms with Gasteiger partial charge in [0.1, 0.15) is 0 Å². The molecule has 0 bridgehead atoms. The van der Waals surface area contributed by atoms with Gasteiger partial charge >= 0.3 is 0 Å². The summed E-state index contributed by atoms with van der Waals surface area (Å²) in [4.78, 5) is 0. The molecule has 0 rings (SSSR count). The predicted molar refractivity (Wildman–Crippen MR) is 131 cm³/mol. The third-order valence-electron chi connectivity index (χ3n) is 4.57. The monoisotopic (exact) mass is 404 g/mol. The molecule has 0 fully saturated rings. The fourth-order valence-corrected chi connectivity index (χ4v) is 4.88. The van der Waals surface area contributed by atoms with Gasteiger partial charge in [-0.1, -0.05) is 105 Å². The second kappa shape index (κ2) is 30.4. The zero-order valence-corrected chi connectivity index (χ0v) is 20.6. The van der Waals surface area contributed by atoms with Gasteiger partial charge in [-0.25, -0.2) is 0 Å². The smallest absolute Gasteiger partial charge is 0.00675 e. The van der Waals surface area contributed by atoms with E-state index < -0.39 is 0 Å². The van der Waals surface area contributed by atoms with Gasteiger partial charge in [0, 0.05) is 0 Å². The van der Waals surface area contributed by atoms with E-state index in [1.165, 1.54) is 126 Å². The average molecular weight is 405 g/mol. The van der Waals surface area contributed by atoms with Crippen LogP contribution in [0.5, 0.6) is 0 Å². The second-order valence-electron chi connectivity index (χ2n) is 7.47. The second-order valence-corrected chi connectivity index (χ2v) is 9.92. The van der Waals surface area contributed by atoms with Crippen molar-refractivity contribution in [2.75, 3.05) is 23.0 Å². The highest BCUT2D eigenvalue weighted by atomic mass is 32.2. The largest absolute Gasteiger partial charge is 0.162 e. The molecule has 0 spiro atoms. The lowest BCUT2D eigenvalue weighted by atomic mass is 10.1. The first kappa shape index (κ1) is 28.9. The number of hydrogen-bond donors (Lipinski definition) is 0. The Hall–Kier alpha value is 0.700. The molecule has 0 saturated heterocycles. The fraction of sp³-hybridized carbons (Fsp3) is 1.00. The van der Waals surface area contributed by atoms with Crippen molar-refractivity contribution in [3.05, 3.63) is 0 Å². The van der Waals surface area contributed by atoms with Gasteiger partial charge in [0.15, 0.2) is 0 Å². The van der Waals surface area contributed by atoms with Crippen LogP contribution in [0.3, 0.4) is 0 Å². The Bertz CT molecular complexity index is 186. The van der Waals surface area contributed by atoms with Gasteiger partial charge in [-0.15, -0.1) is 0 Å². The molecule has 0 aliphatic rings. The van der Waals surface area contributed by atoms with E-state index in [1.54, 1.807) is 0 Å². The van der Waals surface area contributed by atoms with Crippen LogP contribution in [0.1, 0.15) is 130 Å². The molecule has 2 heteroatoms. The molecule has 0 heterocycles. The van der Waals surface area contributed by atoms with E-state index in [4.69, 9.17) is 0 Å². The Morgan fingerprint density at radius 2 is 0.577 bits per heavy atom. The van der Waals surface area contributed by atoms with Crippen molar-refractivity contribution >= 4 is 23.5 Å². The van der Waals surface area contributed by atoms with E-state index >= 15 is 0 Å². The van der Waals surface area contributed by atoms with Crippen molar-refractivity contribution in [1.29, 1.82) is 0 Å². The van der Waals surface area contributed by atoms with E-state index in [2.05, 4.69) is 51.2 Å². The van der Waals surface area contributed by atoms with Crippen LogP contribution in [0.25, 0.3) is 0 Å². The van der Waals surface area contributed by atoms with Crippen LogP contribution in [0, 0.1) is 0 Å². The summed E-state index contributed by atoms with van der Waals surface area (Å²) >= 11 is 4.28. The first-order chi connectivity index (χ1) is 12.8. The van der Waals surface area contributed by atoms with E-state index in [1.807, 2.05) is 0 Å². The summed E-state index contributed by atoms with van der Waals surface area (Å²) in [5, 5.41) is 0. The van der Waals surface area contributed by atoms with Crippen molar-refractivity contribution in [2.24, 2.45) is 0 Å². The first-order valence-corrected chi connectivity index (χ1v) is 14.3. The lowest BCUT2D eigenvalue weighted by Gasteiger charge is -2.02. The average Bonchev–Trinajstić information content (AvgIpc) is 2.66. The normalized spacial score (nSPS) is 10.6. The van der Waals surface area contributed by atoms with Crippen molar-refractivity contribution in [3.8, 4) is 0 Å². The zero-order chi connectivity index (χ0) is 19.6. The summed E-state index contributed by atoms with van der Waals surface area (Å²) in [6.07, 6.45) is 22.8. The van der Waals surface area contributed by atoms with Crippen molar-refractivity contribution in [1.82, 2.24) is 0 Å². The van der Waals surface area contributed by atoms with Crippen LogP contribution < -0.4 is 0 Å². The number of rotatable bonds is 20. The van der Waals surface area contributed by atoms with Gasteiger partial charge in [0.05, 0.1) is 0 Å². The topological polar surface area (TPSA) is 0 Å². The third kappa shape index (κ3) is 32.4. The Balaban J connectivity index is 0. The maximum atomic E-state index is 2.29. The molecule has 0 aromatic rings. The molecular formula is C24H52S2. The van der Waals surface area contributed by atoms with Gasteiger partial charge in [-0.05, 0) is 48.7 Å². The van der Waals surface area contributed by atoms with Crippen molar-refractivity contribution < 1.29 is 0 Å². The minimum Gasteiger partial charge on any atom is -0.162 e. The van der Waals surface area contributed by atoms with Gasteiger partial charge in [0.2, 0.25) is 0 Å². The molecule has 0 amide bonds. The fourth-order valence-electron chi connectivity index (χ4n) is 2.67. The molecule has 0 nitrogen and oxygen atoms in total. The molecule has 0 aliphatic heterocycles. The lowest BCUT2D eigenvalue weighted by molar-refractivity contribution is 0.624. The zero-order valence-electron chi connectivity index (χ0n) is 19.0.